The second kappa shape index (κ2) is 10.1. The number of nitrogens with zero attached hydrogens (tertiary/aromatic N) is 1. The van der Waals surface area contributed by atoms with E-state index in [0.29, 0.717) is 22.0 Å². The zero-order valence-electron chi connectivity index (χ0n) is 18.1. The third-order valence-electron chi connectivity index (χ3n) is 5.11. The Balaban J connectivity index is 1.94. The second-order valence-corrected chi connectivity index (χ2v) is 9.51. The van der Waals surface area contributed by atoms with Crippen molar-refractivity contribution in [3.63, 3.8) is 0 Å². The summed E-state index contributed by atoms with van der Waals surface area (Å²) in [5.74, 6) is 0.182. The molecule has 1 amide bonds. The van der Waals surface area contributed by atoms with E-state index < -0.39 is 22.5 Å². The molecule has 0 aromatic heterocycles. The molecule has 0 saturated carbocycles. The monoisotopic (exact) mass is 472 g/mol. The van der Waals surface area contributed by atoms with Crippen LogP contribution in [0.1, 0.15) is 24.1 Å². The predicted molar refractivity (Wildman–Crippen MR) is 127 cm³/mol. The summed E-state index contributed by atoms with van der Waals surface area (Å²) in [5, 5.41) is 3.29. The van der Waals surface area contributed by atoms with Gasteiger partial charge in [-0.25, -0.2) is 8.42 Å². The summed E-state index contributed by atoms with van der Waals surface area (Å²) in [6.07, 6.45) is 0. The van der Waals surface area contributed by atoms with E-state index in [1.165, 1.54) is 12.1 Å². The fourth-order valence-electron chi connectivity index (χ4n) is 3.41. The van der Waals surface area contributed by atoms with Crippen LogP contribution in [0.4, 0.5) is 5.69 Å². The van der Waals surface area contributed by atoms with Crippen LogP contribution in [0.3, 0.4) is 0 Å². The summed E-state index contributed by atoms with van der Waals surface area (Å²) in [5.41, 5.74) is 1.71. The SMILES string of the molecule is COc1ccccc1C(C)NC(=O)CN(c1cccc(Cl)c1C)S(=O)(=O)c1ccccc1. The topological polar surface area (TPSA) is 75.7 Å². The molecule has 0 radical (unpaired) electrons. The first kappa shape index (κ1) is 23.6. The largest absolute Gasteiger partial charge is 0.496 e. The number of amides is 1. The van der Waals surface area contributed by atoms with Crippen molar-refractivity contribution in [2.45, 2.75) is 24.8 Å². The molecular weight excluding hydrogens is 448 g/mol. The van der Waals surface area contributed by atoms with Gasteiger partial charge in [0.25, 0.3) is 10.0 Å². The van der Waals surface area contributed by atoms with Crippen LogP contribution in [-0.4, -0.2) is 28.0 Å². The Morgan fingerprint density at radius 3 is 2.38 bits per heavy atom. The van der Waals surface area contributed by atoms with Gasteiger partial charge >= 0.3 is 0 Å². The summed E-state index contributed by atoms with van der Waals surface area (Å²) < 4.78 is 33.4. The molecule has 0 heterocycles. The fourth-order valence-corrected chi connectivity index (χ4v) is 5.07. The van der Waals surface area contributed by atoms with Crippen LogP contribution in [0.25, 0.3) is 0 Å². The molecule has 168 valence electrons. The van der Waals surface area contributed by atoms with Crippen molar-refractivity contribution >= 4 is 33.2 Å². The number of nitrogens with one attached hydrogen (secondary N) is 1. The van der Waals surface area contributed by atoms with Crippen LogP contribution >= 0.6 is 11.6 Å². The van der Waals surface area contributed by atoms with Crippen LogP contribution in [0.2, 0.25) is 5.02 Å². The van der Waals surface area contributed by atoms with Crippen molar-refractivity contribution in [2.75, 3.05) is 18.0 Å². The third-order valence-corrected chi connectivity index (χ3v) is 7.29. The van der Waals surface area contributed by atoms with Crippen LogP contribution < -0.4 is 14.4 Å². The smallest absolute Gasteiger partial charge is 0.264 e. The standard InChI is InChI=1S/C24H25ClN2O4S/c1-17-21(25)13-9-14-22(17)27(32(29,30)19-10-5-4-6-11-19)16-24(28)26-18(2)20-12-7-8-15-23(20)31-3/h4-15,18H,16H2,1-3H3,(H,26,28). The molecule has 3 rings (SSSR count). The fraction of sp³-hybridized carbons (Fsp3) is 0.208. The Kier molecular flexibility index (Phi) is 7.43. The third kappa shape index (κ3) is 5.06. The van der Waals surface area contributed by atoms with Crippen molar-refractivity contribution in [1.82, 2.24) is 5.32 Å². The van der Waals surface area contributed by atoms with Crippen molar-refractivity contribution in [3.8, 4) is 5.75 Å². The molecule has 1 atom stereocenters. The van der Waals surface area contributed by atoms with E-state index >= 15 is 0 Å². The maximum Gasteiger partial charge on any atom is 0.264 e. The van der Waals surface area contributed by atoms with E-state index in [2.05, 4.69) is 5.32 Å². The molecule has 32 heavy (non-hydrogen) atoms. The molecule has 1 unspecified atom stereocenters. The Labute approximate surface area is 193 Å². The van der Waals surface area contributed by atoms with Crippen LogP contribution in [-0.2, 0) is 14.8 Å². The molecule has 3 aromatic rings. The number of carbonyl (C=O) groups excluding carboxylic acids is 1. The number of ether oxygens (including phenoxy) is 1. The normalized spacial score (nSPS) is 12.1. The average Bonchev–Trinajstić information content (AvgIpc) is 2.80. The van der Waals surface area contributed by atoms with Crippen LogP contribution in [0, 0.1) is 6.92 Å². The van der Waals surface area contributed by atoms with E-state index in [1.807, 2.05) is 25.1 Å². The maximum absolute atomic E-state index is 13.5. The lowest BCUT2D eigenvalue weighted by Crippen LogP contribution is -2.42. The number of anilines is 1. The second-order valence-electron chi connectivity index (χ2n) is 7.24. The minimum absolute atomic E-state index is 0.0879. The first-order chi connectivity index (χ1) is 15.3. The molecule has 0 fully saturated rings. The molecule has 0 aliphatic carbocycles. The number of halogens is 1. The molecule has 3 aromatic carbocycles. The van der Waals surface area contributed by atoms with Gasteiger partial charge in [-0.05, 0) is 49.7 Å². The van der Waals surface area contributed by atoms with E-state index in [-0.39, 0.29) is 10.9 Å². The number of hydrogen-bond donors (Lipinski definition) is 1. The lowest BCUT2D eigenvalue weighted by molar-refractivity contribution is -0.120. The Bertz CT molecular complexity index is 1200. The number of benzene rings is 3. The number of rotatable bonds is 8. The van der Waals surface area contributed by atoms with Crippen molar-refractivity contribution < 1.29 is 17.9 Å². The van der Waals surface area contributed by atoms with Gasteiger partial charge in [0, 0.05) is 10.6 Å². The molecule has 0 bridgehead atoms. The Hall–Kier alpha value is -3.03. The lowest BCUT2D eigenvalue weighted by Gasteiger charge is -2.27. The molecule has 0 saturated heterocycles. The van der Waals surface area contributed by atoms with Gasteiger partial charge in [0.05, 0.1) is 23.7 Å². The summed E-state index contributed by atoms with van der Waals surface area (Å²) in [6, 6.07) is 19.9. The zero-order valence-corrected chi connectivity index (χ0v) is 19.7. The van der Waals surface area contributed by atoms with Gasteiger partial charge in [-0.2, -0.15) is 0 Å². The summed E-state index contributed by atoms with van der Waals surface area (Å²) in [4.78, 5) is 13.1. The number of sulfonamides is 1. The molecule has 8 heteroatoms. The van der Waals surface area contributed by atoms with Gasteiger partial charge in [-0.1, -0.05) is 54.1 Å². The van der Waals surface area contributed by atoms with Crippen molar-refractivity contribution in [1.29, 1.82) is 0 Å². The maximum atomic E-state index is 13.5. The van der Waals surface area contributed by atoms with E-state index in [4.69, 9.17) is 16.3 Å². The zero-order chi connectivity index (χ0) is 23.3. The van der Waals surface area contributed by atoms with Gasteiger partial charge in [-0.3, -0.25) is 9.10 Å². The molecule has 0 aliphatic heterocycles. The molecule has 1 N–H and O–H groups in total. The first-order valence-electron chi connectivity index (χ1n) is 10.0. The van der Waals surface area contributed by atoms with Crippen LogP contribution in [0.5, 0.6) is 5.75 Å². The Morgan fingerprint density at radius 1 is 1.03 bits per heavy atom. The minimum Gasteiger partial charge on any atom is -0.496 e. The van der Waals surface area contributed by atoms with Crippen molar-refractivity contribution in [2.24, 2.45) is 0 Å². The highest BCUT2D eigenvalue weighted by Crippen LogP contribution is 2.31. The van der Waals surface area contributed by atoms with Gasteiger partial charge in [0.15, 0.2) is 0 Å². The molecule has 0 spiro atoms. The number of hydrogen-bond acceptors (Lipinski definition) is 4. The first-order valence-corrected chi connectivity index (χ1v) is 11.8. The number of methoxy groups -OCH3 is 1. The highest BCUT2D eigenvalue weighted by Gasteiger charge is 2.29. The highest BCUT2D eigenvalue weighted by atomic mass is 35.5. The van der Waals surface area contributed by atoms with Crippen molar-refractivity contribution in [3.05, 3.63) is 88.9 Å². The van der Waals surface area contributed by atoms with E-state index in [1.54, 1.807) is 56.5 Å². The predicted octanol–water partition coefficient (Wildman–Crippen LogP) is 4.73. The van der Waals surface area contributed by atoms with Gasteiger partial charge in [-0.15, -0.1) is 0 Å². The lowest BCUT2D eigenvalue weighted by atomic mass is 10.1. The number of para-hydroxylation sites is 1. The van der Waals surface area contributed by atoms with E-state index in [0.717, 1.165) is 9.87 Å². The Morgan fingerprint density at radius 2 is 1.69 bits per heavy atom. The van der Waals surface area contributed by atoms with Crippen LogP contribution in [0.15, 0.2) is 77.7 Å². The van der Waals surface area contributed by atoms with Gasteiger partial charge in [0.2, 0.25) is 5.91 Å². The summed E-state index contributed by atoms with van der Waals surface area (Å²) in [6.45, 7) is 3.13. The quantitative estimate of drug-likeness (QED) is 0.514. The van der Waals surface area contributed by atoms with E-state index in [9.17, 15) is 13.2 Å². The molecule has 0 aliphatic rings. The van der Waals surface area contributed by atoms with Gasteiger partial charge < -0.3 is 10.1 Å². The highest BCUT2D eigenvalue weighted by molar-refractivity contribution is 7.92. The summed E-state index contributed by atoms with van der Waals surface area (Å²) in [7, 11) is -2.45. The minimum atomic E-state index is -4.01. The summed E-state index contributed by atoms with van der Waals surface area (Å²) >= 11 is 6.25. The molecule has 6 nitrogen and oxygen atoms in total. The average molecular weight is 473 g/mol. The molecular formula is C24H25ClN2O4S. The van der Waals surface area contributed by atoms with Gasteiger partial charge in [0.1, 0.15) is 12.3 Å². The number of carbonyl (C=O) groups is 1.